The Morgan fingerprint density at radius 3 is 2.47 bits per heavy atom. The van der Waals surface area contributed by atoms with Crippen LogP contribution < -0.4 is 0 Å². The third-order valence-electron chi connectivity index (χ3n) is 2.67. The molecule has 0 radical (unpaired) electrons. The van der Waals surface area contributed by atoms with Crippen LogP contribution in [0.4, 0.5) is 0 Å². The Morgan fingerprint density at radius 1 is 1.40 bits per heavy atom. The molecule has 1 heterocycles. The average molecular weight is 201 g/mol. The molecule has 1 heteroatoms. The Morgan fingerprint density at radius 2 is 2.00 bits per heavy atom. The number of nitrogens with zero attached hydrogens (tertiary/aromatic N) is 1. The van der Waals surface area contributed by atoms with E-state index in [1.165, 1.54) is 16.7 Å². The number of hydrogen-bond acceptors (Lipinski definition) is 1. The van der Waals surface area contributed by atoms with Crippen molar-refractivity contribution in [1.82, 2.24) is 4.90 Å². The van der Waals surface area contributed by atoms with Crippen LogP contribution in [0.25, 0.3) is 0 Å². The van der Waals surface area contributed by atoms with E-state index in [0.717, 1.165) is 17.8 Å². The Hall–Kier alpha value is -1.50. The first-order valence-corrected chi connectivity index (χ1v) is 5.07. The highest BCUT2D eigenvalue weighted by molar-refractivity contribution is 5.56. The van der Waals surface area contributed by atoms with E-state index in [0.29, 0.717) is 0 Å². The van der Waals surface area contributed by atoms with Crippen molar-refractivity contribution in [2.45, 2.75) is 13.8 Å². The predicted molar refractivity (Wildman–Crippen MR) is 67.6 cm³/mol. The van der Waals surface area contributed by atoms with Crippen molar-refractivity contribution in [3.63, 3.8) is 0 Å². The molecule has 0 atom stereocenters. The molecular formula is C14H19N. The summed E-state index contributed by atoms with van der Waals surface area (Å²) in [6, 6.07) is 0. The van der Waals surface area contributed by atoms with E-state index in [-0.39, 0.29) is 0 Å². The van der Waals surface area contributed by atoms with E-state index in [9.17, 15) is 0 Å². The molecule has 1 fully saturated rings. The van der Waals surface area contributed by atoms with Gasteiger partial charge in [0.15, 0.2) is 0 Å². The first-order valence-electron chi connectivity index (χ1n) is 5.07. The van der Waals surface area contributed by atoms with Crippen LogP contribution in [0.5, 0.6) is 0 Å². The van der Waals surface area contributed by atoms with Gasteiger partial charge in [-0.15, -0.1) is 0 Å². The minimum Gasteiger partial charge on any atom is -0.370 e. The molecule has 1 nitrogen and oxygen atoms in total. The molecule has 0 N–H and O–H groups in total. The van der Waals surface area contributed by atoms with Crippen molar-refractivity contribution < 1.29 is 0 Å². The molecule has 1 saturated heterocycles. The van der Waals surface area contributed by atoms with Crippen LogP contribution in [0.3, 0.4) is 0 Å². The molecule has 15 heavy (non-hydrogen) atoms. The maximum absolute atomic E-state index is 4.08. The molecule has 0 amide bonds. The van der Waals surface area contributed by atoms with Crippen molar-refractivity contribution in [2.75, 3.05) is 13.6 Å². The van der Waals surface area contributed by atoms with Crippen LogP contribution in [-0.4, -0.2) is 18.5 Å². The summed E-state index contributed by atoms with van der Waals surface area (Å²) in [5, 5.41) is 0. The van der Waals surface area contributed by atoms with Gasteiger partial charge >= 0.3 is 0 Å². The standard InChI is InChI=1S/C14H19N/c1-7-11(4)14-9-15(6)12(5)13(14)8-10(2)3/h7-8H,1-2,5,9H2,3-4,6H3/b13-8-,14-11-. The van der Waals surface area contributed by atoms with Gasteiger partial charge in [-0.25, -0.2) is 0 Å². The second kappa shape index (κ2) is 4.35. The van der Waals surface area contributed by atoms with Gasteiger partial charge in [-0.05, 0) is 25.0 Å². The van der Waals surface area contributed by atoms with Crippen molar-refractivity contribution in [3.8, 4) is 0 Å². The monoisotopic (exact) mass is 201 g/mol. The largest absolute Gasteiger partial charge is 0.370 e. The first kappa shape index (κ1) is 11.6. The fraction of sp³-hybridized carbons (Fsp3) is 0.286. The molecule has 0 aromatic rings. The Bertz CT molecular complexity index is 380. The van der Waals surface area contributed by atoms with E-state index < -0.39 is 0 Å². The summed E-state index contributed by atoms with van der Waals surface area (Å²) in [6.07, 6.45) is 3.99. The van der Waals surface area contributed by atoms with Gasteiger partial charge < -0.3 is 4.90 Å². The normalized spacial score (nSPS) is 22.2. The van der Waals surface area contributed by atoms with E-state index in [2.05, 4.69) is 44.7 Å². The molecule has 0 spiro atoms. The quantitative estimate of drug-likeness (QED) is 0.661. The minimum absolute atomic E-state index is 0.912. The zero-order chi connectivity index (χ0) is 11.6. The summed E-state index contributed by atoms with van der Waals surface area (Å²) in [5.41, 5.74) is 5.83. The number of likely N-dealkylation sites (N-methyl/N-ethyl adjacent to an activating group) is 1. The molecule has 0 aromatic carbocycles. The SMILES string of the molecule is C=C/C(C)=C1/CN(C)C(=C)/C1=C/C(=C)C. The van der Waals surface area contributed by atoms with Gasteiger partial charge in [0, 0.05) is 24.9 Å². The van der Waals surface area contributed by atoms with Crippen LogP contribution in [0.1, 0.15) is 13.8 Å². The Balaban J connectivity index is 3.26. The van der Waals surface area contributed by atoms with Crippen molar-refractivity contribution >= 4 is 0 Å². The van der Waals surface area contributed by atoms with Gasteiger partial charge in [0.25, 0.3) is 0 Å². The van der Waals surface area contributed by atoms with E-state index in [1.54, 1.807) is 0 Å². The van der Waals surface area contributed by atoms with Gasteiger partial charge in [-0.1, -0.05) is 37.5 Å². The summed E-state index contributed by atoms with van der Waals surface area (Å²) in [7, 11) is 2.05. The van der Waals surface area contributed by atoms with Crippen LogP contribution in [0.15, 0.2) is 59.9 Å². The van der Waals surface area contributed by atoms with Crippen molar-refractivity contribution in [2.24, 2.45) is 0 Å². The first-order chi connectivity index (χ1) is 6.97. The molecule has 0 aliphatic carbocycles. The maximum Gasteiger partial charge on any atom is 0.0435 e. The number of allylic oxidation sites excluding steroid dienone is 5. The summed E-state index contributed by atoms with van der Waals surface area (Å²) in [5.74, 6) is 0. The number of rotatable bonds is 2. The summed E-state index contributed by atoms with van der Waals surface area (Å²) in [4.78, 5) is 2.15. The highest BCUT2D eigenvalue weighted by atomic mass is 15.1. The number of hydrogen-bond donors (Lipinski definition) is 0. The second-order valence-electron chi connectivity index (χ2n) is 4.07. The van der Waals surface area contributed by atoms with Gasteiger partial charge in [-0.2, -0.15) is 0 Å². The lowest BCUT2D eigenvalue weighted by atomic mass is 10.0. The fourth-order valence-electron chi connectivity index (χ4n) is 1.67. The molecular weight excluding hydrogens is 182 g/mol. The van der Waals surface area contributed by atoms with Crippen molar-refractivity contribution in [1.29, 1.82) is 0 Å². The summed E-state index contributed by atoms with van der Waals surface area (Å²) < 4.78 is 0. The van der Waals surface area contributed by atoms with Gasteiger partial charge in [0.1, 0.15) is 0 Å². The molecule has 1 aliphatic rings. The predicted octanol–water partition coefficient (Wildman–Crippen LogP) is 3.45. The molecule has 1 rings (SSSR count). The second-order valence-corrected chi connectivity index (χ2v) is 4.07. The lowest BCUT2D eigenvalue weighted by Crippen LogP contribution is -2.09. The van der Waals surface area contributed by atoms with Crippen LogP contribution in [0.2, 0.25) is 0 Å². The van der Waals surface area contributed by atoms with Crippen LogP contribution in [-0.2, 0) is 0 Å². The zero-order valence-electron chi connectivity index (χ0n) is 9.93. The average Bonchev–Trinajstić information content (AvgIpc) is 2.44. The topological polar surface area (TPSA) is 3.24 Å². The van der Waals surface area contributed by atoms with Gasteiger partial charge in [0.2, 0.25) is 0 Å². The highest BCUT2D eigenvalue weighted by Crippen LogP contribution is 2.32. The van der Waals surface area contributed by atoms with E-state index in [4.69, 9.17) is 0 Å². The van der Waals surface area contributed by atoms with E-state index in [1.807, 2.05) is 13.0 Å². The smallest absolute Gasteiger partial charge is 0.0435 e. The van der Waals surface area contributed by atoms with E-state index >= 15 is 0 Å². The molecule has 1 aliphatic heterocycles. The summed E-state index contributed by atoms with van der Waals surface area (Å²) >= 11 is 0. The Kier molecular flexibility index (Phi) is 3.35. The molecule has 0 saturated carbocycles. The molecule has 0 aromatic heterocycles. The Labute approximate surface area is 92.8 Å². The molecule has 80 valence electrons. The van der Waals surface area contributed by atoms with Crippen LogP contribution in [0, 0.1) is 0 Å². The highest BCUT2D eigenvalue weighted by Gasteiger charge is 2.23. The lowest BCUT2D eigenvalue weighted by Gasteiger charge is -2.09. The zero-order valence-corrected chi connectivity index (χ0v) is 9.93. The third-order valence-corrected chi connectivity index (χ3v) is 2.67. The number of likely N-dealkylation sites (tertiary alicyclic amines) is 1. The maximum atomic E-state index is 4.08. The minimum atomic E-state index is 0.912. The van der Waals surface area contributed by atoms with Crippen molar-refractivity contribution in [3.05, 3.63) is 59.9 Å². The third kappa shape index (κ3) is 2.30. The van der Waals surface area contributed by atoms with Gasteiger partial charge in [0.05, 0.1) is 0 Å². The fourth-order valence-corrected chi connectivity index (χ4v) is 1.67. The van der Waals surface area contributed by atoms with Gasteiger partial charge in [-0.3, -0.25) is 0 Å². The summed E-state index contributed by atoms with van der Waals surface area (Å²) in [6.45, 7) is 16.8. The molecule has 0 bridgehead atoms. The lowest BCUT2D eigenvalue weighted by molar-refractivity contribution is 0.503. The molecule has 0 unspecified atom stereocenters. The van der Waals surface area contributed by atoms with Crippen LogP contribution >= 0.6 is 0 Å².